The van der Waals surface area contributed by atoms with Crippen molar-refractivity contribution in [3.63, 3.8) is 0 Å². The number of rotatable bonds is 6. The topological polar surface area (TPSA) is 46.2 Å². The van der Waals surface area contributed by atoms with Gasteiger partial charge in [-0.1, -0.05) is 13.8 Å². The fraction of sp³-hybridized carbons (Fsp3) is 1.00. The minimum atomic E-state index is -0.655. The zero-order chi connectivity index (χ0) is 9.61. The lowest BCUT2D eigenvalue weighted by atomic mass is 10.0. The van der Waals surface area contributed by atoms with E-state index in [0.29, 0.717) is 11.8 Å². The third kappa shape index (κ3) is 6.95. The molecule has 3 N–H and O–H groups in total. The van der Waals surface area contributed by atoms with Crippen molar-refractivity contribution in [3.8, 4) is 0 Å². The Bertz CT molecular complexity index is 115. The molecule has 0 aromatic rings. The fourth-order valence-electron chi connectivity index (χ4n) is 0.874. The normalized spacial score (nSPS) is 16.5. The summed E-state index contributed by atoms with van der Waals surface area (Å²) in [6.45, 7) is 6.53. The van der Waals surface area contributed by atoms with Gasteiger partial charge >= 0.3 is 0 Å². The summed E-state index contributed by atoms with van der Waals surface area (Å²) in [6, 6.07) is 0. The molecule has 0 spiro atoms. The number of thioether (sulfide) groups is 1. The van der Waals surface area contributed by atoms with Gasteiger partial charge in [-0.05, 0) is 30.8 Å². The minimum absolute atomic E-state index is 0.360. The summed E-state index contributed by atoms with van der Waals surface area (Å²) in [5.74, 6) is 1.12. The monoisotopic (exact) mass is 191 g/mol. The largest absolute Gasteiger partial charge is 0.389 e. The lowest BCUT2D eigenvalue weighted by Gasteiger charge is -2.20. The fourth-order valence-corrected chi connectivity index (χ4v) is 1.66. The van der Waals surface area contributed by atoms with Crippen LogP contribution in [0.25, 0.3) is 0 Å². The molecule has 0 bridgehead atoms. The number of hydrogen-bond acceptors (Lipinski definition) is 3. The Hall–Kier alpha value is 0.270. The van der Waals surface area contributed by atoms with Crippen molar-refractivity contribution < 1.29 is 5.11 Å². The highest BCUT2D eigenvalue weighted by molar-refractivity contribution is 7.99. The summed E-state index contributed by atoms with van der Waals surface area (Å²) in [4.78, 5) is 0. The lowest BCUT2D eigenvalue weighted by molar-refractivity contribution is 0.0596. The number of aliphatic hydroxyl groups is 1. The molecule has 0 aromatic heterocycles. The quantitative estimate of drug-likeness (QED) is 0.627. The van der Waals surface area contributed by atoms with Gasteiger partial charge in [-0.15, -0.1) is 0 Å². The van der Waals surface area contributed by atoms with E-state index in [1.165, 1.54) is 0 Å². The molecule has 0 aromatic carbocycles. The Labute approximate surface area is 79.9 Å². The van der Waals surface area contributed by atoms with E-state index in [4.69, 9.17) is 5.73 Å². The molecule has 1 atom stereocenters. The van der Waals surface area contributed by atoms with E-state index in [2.05, 4.69) is 13.8 Å². The van der Waals surface area contributed by atoms with Gasteiger partial charge in [0.25, 0.3) is 0 Å². The second kappa shape index (κ2) is 5.84. The molecule has 2 nitrogen and oxygen atoms in total. The summed E-state index contributed by atoms with van der Waals surface area (Å²) in [5, 5.41) is 10.2. The molecular weight excluding hydrogens is 170 g/mol. The van der Waals surface area contributed by atoms with Crippen molar-refractivity contribution in [2.24, 2.45) is 5.73 Å². The third-order valence-electron chi connectivity index (χ3n) is 1.75. The van der Waals surface area contributed by atoms with Gasteiger partial charge in [0, 0.05) is 6.54 Å². The SMILES string of the molecule is CC(C)SCCCC(C)(O)CN. The average molecular weight is 191 g/mol. The highest BCUT2D eigenvalue weighted by atomic mass is 32.2. The molecule has 0 heterocycles. The highest BCUT2D eigenvalue weighted by Crippen LogP contribution is 2.16. The maximum atomic E-state index is 9.55. The molecule has 74 valence electrons. The standard InChI is InChI=1S/C9H21NOS/c1-8(2)12-6-4-5-9(3,11)7-10/h8,11H,4-7,10H2,1-3H3. The van der Waals surface area contributed by atoms with Crippen LogP contribution in [-0.2, 0) is 0 Å². The molecule has 0 radical (unpaired) electrons. The highest BCUT2D eigenvalue weighted by Gasteiger charge is 2.16. The van der Waals surface area contributed by atoms with Crippen LogP contribution >= 0.6 is 11.8 Å². The second-order valence-electron chi connectivity index (χ2n) is 3.72. The molecular formula is C9H21NOS. The van der Waals surface area contributed by atoms with Crippen LogP contribution in [0.5, 0.6) is 0 Å². The first-order valence-corrected chi connectivity index (χ1v) is 5.57. The van der Waals surface area contributed by atoms with E-state index >= 15 is 0 Å². The van der Waals surface area contributed by atoms with Crippen molar-refractivity contribution >= 4 is 11.8 Å². The molecule has 0 amide bonds. The first-order valence-electron chi connectivity index (χ1n) is 4.52. The van der Waals surface area contributed by atoms with Gasteiger partial charge < -0.3 is 10.8 Å². The Balaban J connectivity index is 3.31. The average Bonchev–Trinajstić information content (AvgIpc) is 1.98. The van der Waals surface area contributed by atoms with Crippen LogP contribution in [0.2, 0.25) is 0 Å². The molecule has 12 heavy (non-hydrogen) atoms. The maximum absolute atomic E-state index is 9.55. The van der Waals surface area contributed by atoms with Crippen molar-refractivity contribution in [1.82, 2.24) is 0 Å². The third-order valence-corrected chi connectivity index (χ3v) is 2.94. The van der Waals surface area contributed by atoms with E-state index in [1.54, 1.807) is 6.92 Å². The van der Waals surface area contributed by atoms with E-state index in [1.807, 2.05) is 11.8 Å². The van der Waals surface area contributed by atoms with Gasteiger partial charge in [0.2, 0.25) is 0 Å². The molecule has 0 aliphatic heterocycles. The van der Waals surface area contributed by atoms with Gasteiger partial charge in [-0.2, -0.15) is 11.8 Å². The predicted octanol–water partition coefficient (Wildman–Crippen LogP) is 1.62. The zero-order valence-electron chi connectivity index (χ0n) is 8.34. The summed E-state index contributed by atoms with van der Waals surface area (Å²) >= 11 is 1.93. The van der Waals surface area contributed by atoms with Crippen LogP contribution in [0, 0.1) is 0 Å². The van der Waals surface area contributed by atoms with Gasteiger partial charge in [-0.25, -0.2) is 0 Å². The van der Waals surface area contributed by atoms with Crippen LogP contribution in [0.4, 0.5) is 0 Å². The smallest absolute Gasteiger partial charge is 0.0741 e. The Morgan fingerprint density at radius 3 is 2.50 bits per heavy atom. The van der Waals surface area contributed by atoms with Gasteiger partial charge in [0.15, 0.2) is 0 Å². The first-order chi connectivity index (χ1) is 5.48. The Kier molecular flexibility index (Phi) is 5.97. The zero-order valence-corrected chi connectivity index (χ0v) is 9.16. The van der Waals surface area contributed by atoms with Crippen LogP contribution in [-0.4, -0.2) is 28.3 Å². The minimum Gasteiger partial charge on any atom is -0.389 e. The van der Waals surface area contributed by atoms with Crippen molar-refractivity contribution in [2.45, 2.75) is 44.5 Å². The Morgan fingerprint density at radius 1 is 1.50 bits per heavy atom. The second-order valence-corrected chi connectivity index (χ2v) is 5.41. The Morgan fingerprint density at radius 2 is 2.08 bits per heavy atom. The molecule has 1 unspecified atom stereocenters. The van der Waals surface area contributed by atoms with Crippen molar-refractivity contribution in [1.29, 1.82) is 0 Å². The van der Waals surface area contributed by atoms with Gasteiger partial charge in [0.05, 0.1) is 5.60 Å². The molecule has 0 fully saturated rings. The molecule has 0 aliphatic carbocycles. The van der Waals surface area contributed by atoms with Crippen LogP contribution in [0.15, 0.2) is 0 Å². The molecule has 0 rings (SSSR count). The molecule has 3 heteroatoms. The van der Waals surface area contributed by atoms with E-state index < -0.39 is 5.60 Å². The van der Waals surface area contributed by atoms with E-state index in [0.717, 1.165) is 18.6 Å². The summed E-state index contributed by atoms with van der Waals surface area (Å²) in [5.41, 5.74) is 4.74. The number of hydrogen-bond donors (Lipinski definition) is 2. The van der Waals surface area contributed by atoms with Gasteiger partial charge in [0.1, 0.15) is 0 Å². The van der Waals surface area contributed by atoms with Crippen molar-refractivity contribution in [3.05, 3.63) is 0 Å². The molecule has 0 aliphatic rings. The summed E-state index contributed by atoms with van der Waals surface area (Å²) < 4.78 is 0. The van der Waals surface area contributed by atoms with Crippen LogP contribution in [0.3, 0.4) is 0 Å². The van der Waals surface area contributed by atoms with E-state index in [-0.39, 0.29) is 0 Å². The van der Waals surface area contributed by atoms with Gasteiger partial charge in [-0.3, -0.25) is 0 Å². The lowest BCUT2D eigenvalue weighted by Crippen LogP contribution is -2.34. The number of nitrogens with two attached hydrogens (primary N) is 1. The van der Waals surface area contributed by atoms with Crippen LogP contribution < -0.4 is 5.73 Å². The maximum Gasteiger partial charge on any atom is 0.0741 e. The van der Waals surface area contributed by atoms with Crippen molar-refractivity contribution in [2.75, 3.05) is 12.3 Å². The van der Waals surface area contributed by atoms with Crippen LogP contribution in [0.1, 0.15) is 33.6 Å². The molecule has 0 saturated heterocycles. The predicted molar refractivity (Wildman–Crippen MR) is 56.5 cm³/mol. The first kappa shape index (κ1) is 12.3. The summed E-state index contributed by atoms with van der Waals surface area (Å²) in [6.07, 6.45) is 1.86. The summed E-state index contributed by atoms with van der Waals surface area (Å²) in [7, 11) is 0. The van der Waals surface area contributed by atoms with E-state index in [9.17, 15) is 5.11 Å². The molecule has 0 saturated carbocycles.